The van der Waals surface area contributed by atoms with E-state index in [4.69, 9.17) is 4.74 Å². The van der Waals surface area contributed by atoms with E-state index in [2.05, 4.69) is 15.5 Å². The fourth-order valence-electron chi connectivity index (χ4n) is 3.03. The molecule has 1 aromatic carbocycles. The lowest BCUT2D eigenvalue weighted by Crippen LogP contribution is -2.27. The number of methoxy groups -OCH3 is 1. The van der Waals surface area contributed by atoms with Crippen LogP contribution in [-0.2, 0) is 23.0 Å². The van der Waals surface area contributed by atoms with Crippen LogP contribution < -0.4 is 10.2 Å². The number of amides is 2. The van der Waals surface area contributed by atoms with Crippen LogP contribution in [0, 0.1) is 0 Å². The topological polar surface area (TPSA) is 89.4 Å². The molecule has 0 spiro atoms. The summed E-state index contributed by atoms with van der Waals surface area (Å²) < 4.78 is 6.98. The number of benzene rings is 1. The van der Waals surface area contributed by atoms with Gasteiger partial charge in [-0.1, -0.05) is 17.8 Å². The highest BCUT2D eigenvalue weighted by atomic mass is 32.2. The number of anilines is 1. The quantitative estimate of drug-likeness (QED) is 0.506. The molecule has 8 nitrogen and oxygen atoms in total. The van der Waals surface area contributed by atoms with Crippen molar-refractivity contribution in [1.82, 2.24) is 20.1 Å². The van der Waals surface area contributed by atoms with E-state index in [0.717, 1.165) is 28.8 Å². The third-order valence-corrected chi connectivity index (χ3v) is 5.56. The van der Waals surface area contributed by atoms with Gasteiger partial charge in [-0.2, -0.15) is 0 Å². The molecule has 0 radical (unpaired) electrons. The molecule has 0 aliphatic carbocycles. The van der Waals surface area contributed by atoms with E-state index in [-0.39, 0.29) is 11.8 Å². The van der Waals surface area contributed by atoms with E-state index in [1.807, 2.05) is 23.7 Å². The Kier molecular flexibility index (Phi) is 7.05. The van der Waals surface area contributed by atoms with E-state index < -0.39 is 0 Å². The zero-order valence-corrected chi connectivity index (χ0v) is 17.0. The van der Waals surface area contributed by atoms with Gasteiger partial charge in [-0.15, -0.1) is 10.2 Å². The molecule has 1 aliphatic rings. The normalized spacial score (nSPS) is 13.9. The number of nitrogens with one attached hydrogen (secondary N) is 1. The van der Waals surface area contributed by atoms with Crippen molar-refractivity contribution in [2.45, 2.75) is 24.4 Å². The van der Waals surface area contributed by atoms with Crippen molar-refractivity contribution in [2.75, 3.05) is 37.5 Å². The molecular formula is C19H25N5O3S. The molecular weight excluding hydrogens is 378 g/mol. The molecule has 1 N–H and O–H groups in total. The highest BCUT2D eigenvalue weighted by Crippen LogP contribution is 2.22. The van der Waals surface area contributed by atoms with Crippen LogP contribution in [-0.4, -0.2) is 59.1 Å². The molecule has 0 saturated carbocycles. The smallest absolute Gasteiger partial charge is 0.251 e. The van der Waals surface area contributed by atoms with Crippen molar-refractivity contribution in [3.05, 3.63) is 35.7 Å². The van der Waals surface area contributed by atoms with Gasteiger partial charge in [0.15, 0.2) is 5.16 Å². The molecule has 2 heterocycles. The van der Waals surface area contributed by atoms with Crippen molar-refractivity contribution >= 4 is 29.3 Å². The van der Waals surface area contributed by atoms with Gasteiger partial charge in [0.05, 0.1) is 6.61 Å². The summed E-state index contributed by atoms with van der Waals surface area (Å²) in [6.07, 6.45) is 2.02. The number of carbonyl (C=O) groups is 2. The Morgan fingerprint density at radius 2 is 2.21 bits per heavy atom. The highest BCUT2D eigenvalue weighted by molar-refractivity contribution is 7.99. The summed E-state index contributed by atoms with van der Waals surface area (Å²) in [7, 11) is 3.59. The van der Waals surface area contributed by atoms with Crippen LogP contribution in [0.5, 0.6) is 0 Å². The summed E-state index contributed by atoms with van der Waals surface area (Å²) in [5.74, 6) is 1.58. The molecule has 1 aromatic heterocycles. The fraction of sp³-hybridized carbons (Fsp3) is 0.474. The van der Waals surface area contributed by atoms with Gasteiger partial charge < -0.3 is 19.5 Å². The number of aromatic nitrogens is 3. The van der Waals surface area contributed by atoms with E-state index in [1.165, 1.54) is 0 Å². The Hall–Kier alpha value is -2.39. The first-order chi connectivity index (χ1) is 13.6. The van der Waals surface area contributed by atoms with Crippen molar-refractivity contribution in [3.8, 4) is 0 Å². The summed E-state index contributed by atoms with van der Waals surface area (Å²) >= 11 is 1.59. The van der Waals surface area contributed by atoms with E-state index in [9.17, 15) is 9.59 Å². The van der Waals surface area contributed by atoms with E-state index >= 15 is 0 Å². The van der Waals surface area contributed by atoms with Crippen LogP contribution in [0.15, 0.2) is 29.4 Å². The number of thioether (sulfide) groups is 1. The molecule has 2 aromatic rings. The Balaban J connectivity index is 1.53. The van der Waals surface area contributed by atoms with Crippen molar-refractivity contribution < 1.29 is 14.3 Å². The Morgan fingerprint density at radius 1 is 1.36 bits per heavy atom. The predicted molar refractivity (Wildman–Crippen MR) is 108 cm³/mol. The van der Waals surface area contributed by atoms with Gasteiger partial charge in [0.2, 0.25) is 5.91 Å². The summed E-state index contributed by atoms with van der Waals surface area (Å²) in [6.45, 7) is 1.83. The molecule has 9 heteroatoms. The second-order valence-electron chi connectivity index (χ2n) is 6.50. The van der Waals surface area contributed by atoms with Crippen LogP contribution in [0.25, 0.3) is 0 Å². The predicted octanol–water partition coefficient (Wildman–Crippen LogP) is 1.65. The summed E-state index contributed by atoms with van der Waals surface area (Å²) in [4.78, 5) is 26.1. The third kappa shape index (κ3) is 4.90. The maximum Gasteiger partial charge on any atom is 0.251 e. The third-order valence-electron chi connectivity index (χ3n) is 4.57. The van der Waals surface area contributed by atoms with Gasteiger partial charge in [0, 0.05) is 57.1 Å². The van der Waals surface area contributed by atoms with Gasteiger partial charge in [0.1, 0.15) is 5.82 Å². The average molecular weight is 404 g/mol. The largest absolute Gasteiger partial charge is 0.384 e. The molecule has 0 atom stereocenters. The average Bonchev–Trinajstić information content (AvgIpc) is 3.28. The van der Waals surface area contributed by atoms with Gasteiger partial charge >= 0.3 is 0 Å². The molecule has 1 aliphatic heterocycles. The second kappa shape index (κ2) is 9.70. The van der Waals surface area contributed by atoms with Crippen LogP contribution in [0.2, 0.25) is 0 Å². The first kappa shape index (κ1) is 20.3. The lowest BCUT2D eigenvalue weighted by atomic mass is 10.1. The van der Waals surface area contributed by atoms with Crippen LogP contribution in [0.4, 0.5) is 5.69 Å². The number of carbonyl (C=O) groups excluding carboxylic acids is 2. The SMILES string of the molecule is COCCSc1nnc(CCNC(=O)c2cccc(N3CCCC3=O)c2)n1C. The minimum absolute atomic E-state index is 0.110. The molecule has 0 bridgehead atoms. The first-order valence-electron chi connectivity index (χ1n) is 9.29. The highest BCUT2D eigenvalue weighted by Gasteiger charge is 2.22. The van der Waals surface area contributed by atoms with Gasteiger partial charge in [-0.05, 0) is 24.6 Å². The molecule has 1 saturated heterocycles. The summed E-state index contributed by atoms with van der Waals surface area (Å²) in [5, 5.41) is 12.1. The van der Waals surface area contributed by atoms with Crippen LogP contribution in [0.3, 0.4) is 0 Å². The number of hydrogen-bond donors (Lipinski definition) is 1. The van der Waals surface area contributed by atoms with E-state index in [0.29, 0.717) is 38.1 Å². The van der Waals surface area contributed by atoms with E-state index in [1.54, 1.807) is 35.9 Å². The lowest BCUT2D eigenvalue weighted by Gasteiger charge is -2.16. The molecule has 28 heavy (non-hydrogen) atoms. The molecule has 150 valence electrons. The maximum atomic E-state index is 12.5. The van der Waals surface area contributed by atoms with Crippen molar-refractivity contribution in [2.24, 2.45) is 7.05 Å². The number of ether oxygens (including phenoxy) is 1. The number of hydrogen-bond acceptors (Lipinski definition) is 6. The molecule has 2 amide bonds. The minimum Gasteiger partial charge on any atom is -0.384 e. The Bertz CT molecular complexity index is 839. The Labute approximate surface area is 168 Å². The first-order valence-corrected chi connectivity index (χ1v) is 10.3. The minimum atomic E-state index is -0.162. The zero-order valence-electron chi connectivity index (χ0n) is 16.2. The lowest BCUT2D eigenvalue weighted by molar-refractivity contribution is -0.117. The Morgan fingerprint density at radius 3 is 2.96 bits per heavy atom. The second-order valence-corrected chi connectivity index (χ2v) is 7.57. The van der Waals surface area contributed by atoms with Crippen molar-refractivity contribution in [1.29, 1.82) is 0 Å². The van der Waals surface area contributed by atoms with Crippen molar-refractivity contribution in [3.63, 3.8) is 0 Å². The number of nitrogens with zero attached hydrogens (tertiary/aromatic N) is 4. The van der Waals surface area contributed by atoms with Gasteiger partial charge in [-0.25, -0.2) is 0 Å². The maximum absolute atomic E-state index is 12.5. The van der Waals surface area contributed by atoms with Crippen LogP contribution >= 0.6 is 11.8 Å². The zero-order chi connectivity index (χ0) is 19.9. The summed E-state index contributed by atoms with van der Waals surface area (Å²) in [5.41, 5.74) is 1.33. The van der Waals surface area contributed by atoms with Crippen LogP contribution in [0.1, 0.15) is 29.0 Å². The van der Waals surface area contributed by atoms with Gasteiger partial charge in [-0.3, -0.25) is 9.59 Å². The standard InChI is InChI=1S/C19H25N5O3S/c1-23-16(21-22-19(23)28-12-11-27-2)8-9-20-18(26)14-5-3-6-15(13-14)24-10-4-7-17(24)25/h3,5-6,13H,4,7-12H2,1-2H3,(H,20,26). The number of rotatable bonds is 9. The van der Waals surface area contributed by atoms with Gasteiger partial charge in [0.25, 0.3) is 5.91 Å². The molecule has 1 fully saturated rings. The molecule has 0 unspecified atom stereocenters. The fourth-order valence-corrected chi connectivity index (χ4v) is 3.86. The monoisotopic (exact) mass is 403 g/mol. The molecule has 3 rings (SSSR count). The summed E-state index contributed by atoms with van der Waals surface area (Å²) in [6, 6.07) is 7.20.